The van der Waals surface area contributed by atoms with Crippen LogP contribution in [-0.2, 0) is 17.1 Å². The lowest BCUT2D eigenvalue weighted by molar-refractivity contribution is -0.385. The Labute approximate surface area is 154 Å². The van der Waals surface area contributed by atoms with Crippen molar-refractivity contribution in [3.05, 3.63) is 68.7 Å². The van der Waals surface area contributed by atoms with Gasteiger partial charge < -0.3 is 10.1 Å². The molecule has 2 rings (SSSR count). The number of rotatable bonds is 8. The number of ether oxygens (including phenoxy) is 1. The van der Waals surface area contributed by atoms with Gasteiger partial charge in [-0.25, -0.2) is 0 Å². The first-order chi connectivity index (χ1) is 12.0. The summed E-state index contributed by atoms with van der Waals surface area (Å²) in [6.07, 6.45) is 0. The number of benzene rings is 2. The largest absolute Gasteiger partial charge is 0.490 e. The van der Waals surface area contributed by atoms with E-state index in [9.17, 15) is 14.9 Å². The van der Waals surface area contributed by atoms with E-state index in [0.717, 1.165) is 11.1 Å². The van der Waals surface area contributed by atoms with Crippen LogP contribution in [0.2, 0.25) is 5.02 Å². The number of nitro benzene ring substituents is 1. The summed E-state index contributed by atoms with van der Waals surface area (Å²) >= 11 is 7.20. The lowest BCUT2D eigenvalue weighted by Crippen LogP contribution is -2.24. The number of halogens is 1. The topological polar surface area (TPSA) is 81.5 Å². The fourth-order valence-electron chi connectivity index (χ4n) is 2.08. The molecule has 2 aromatic carbocycles. The van der Waals surface area contributed by atoms with Crippen molar-refractivity contribution < 1.29 is 14.5 Å². The highest BCUT2D eigenvalue weighted by Gasteiger charge is 2.15. The van der Waals surface area contributed by atoms with E-state index in [2.05, 4.69) is 5.32 Å². The molecule has 0 saturated heterocycles. The van der Waals surface area contributed by atoms with Crippen LogP contribution < -0.4 is 10.1 Å². The molecule has 0 aliphatic rings. The minimum absolute atomic E-state index is 0.0761. The van der Waals surface area contributed by atoms with Crippen LogP contribution in [0.15, 0.2) is 42.5 Å². The monoisotopic (exact) mass is 380 g/mol. The van der Waals surface area contributed by atoms with Crippen LogP contribution in [0, 0.1) is 10.1 Å². The number of nitrogens with zero attached hydrogens (tertiary/aromatic N) is 1. The number of nitro groups is 1. The smallest absolute Gasteiger partial charge is 0.311 e. The fraction of sp³-hybridized carbons (Fsp3) is 0.235. The molecule has 0 unspecified atom stereocenters. The van der Waals surface area contributed by atoms with Gasteiger partial charge in [-0.1, -0.05) is 29.8 Å². The third-order valence-corrected chi connectivity index (χ3v) is 4.60. The Hall–Kier alpha value is -2.25. The number of carbonyl (C=O) groups excluding carboxylic acids is 1. The maximum absolute atomic E-state index is 11.9. The summed E-state index contributed by atoms with van der Waals surface area (Å²) in [4.78, 5) is 22.4. The Morgan fingerprint density at radius 2 is 1.92 bits per heavy atom. The molecule has 0 aliphatic carbocycles. The number of hydrogen-bond donors (Lipinski definition) is 1. The van der Waals surface area contributed by atoms with E-state index in [1.54, 1.807) is 24.3 Å². The molecule has 0 fully saturated rings. The number of nitrogens with one attached hydrogen (secondary N) is 1. The molecule has 2 aromatic rings. The number of thioether (sulfide) groups is 1. The quantitative estimate of drug-likeness (QED) is 0.556. The van der Waals surface area contributed by atoms with Gasteiger partial charge in [0.05, 0.1) is 17.8 Å². The van der Waals surface area contributed by atoms with Gasteiger partial charge in [-0.05, 0) is 29.3 Å². The van der Waals surface area contributed by atoms with Gasteiger partial charge in [0, 0.05) is 23.4 Å². The Balaban J connectivity index is 1.80. The minimum Gasteiger partial charge on any atom is -0.490 e. The molecule has 132 valence electrons. The van der Waals surface area contributed by atoms with Gasteiger partial charge >= 0.3 is 5.69 Å². The SMILES string of the molecule is COc1ccc(CSCC(=O)NCc2ccc(Cl)cc2)cc1[N+](=O)[O-]. The Morgan fingerprint density at radius 3 is 2.56 bits per heavy atom. The number of amides is 1. The van der Waals surface area contributed by atoms with Crippen LogP contribution in [-0.4, -0.2) is 23.7 Å². The van der Waals surface area contributed by atoms with Gasteiger partial charge in [0.25, 0.3) is 0 Å². The second kappa shape index (κ2) is 9.29. The highest BCUT2D eigenvalue weighted by molar-refractivity contribution is 7.99. The molecule has 25 heavy (non-hydrogen) atoms. The average molecular weight is 381 g/mol. The minimum atomic E-state index is -0.480. The molecule has 1 amide bonds. The maximum atomic E-state index is 11.9. The molecule has 8 heteroatoms. The molecule has 1 N–H and O–H groups in total. The lowest BCUT2D eigenvalue weighted by Gasteiger charge is -2.07. The van der Waals surface area contributed by atoms with Crippen molar-refractivity contribution in [2.45, 2.75) is 12.3 Å². The molecule has 0 atom stereocenters. The van der Waals surface area contributed by atoms with Crippen LogP contribution in [0.25, 0.3) is 0 Å². The van der Waals surface area contributed by atoms with Crippen LogP contribution >= 0.6 is 23.4 Å². The zero-order valence-electron chi connectivity index (χ0n) is 13.5. The third kappa shape index (κ3) is 5.95. The van der Waals surface area contributed by atoms with Crippen molar-refractivity contribution in [1.82, 2.24) is 5.32 Å². The molecule has 0 radical (unpaired) electrons. The highest BCUT2D eigenvalue weighted by atomic mass is 35.5. The first kappa shape index (κ1) is 19.1. The molecule has 0 spiro atoms. The number of hydrogen-bond acceptors (Lipinski definition) is 5. The zero-order valence-corrected chi connectivity index (χ0v) is 15.1. The van der Waals surface area contributed by atoms with Gasteiger partial charge in [0.1, 0.15) is 0 Å². The van der Waals surface area contributed by atoms with Gasteiger partial charge in [0.2, 0.25) is 5.91 Å². The van der Waals surface area contributed by atoms with Gasteiger partial charge in [0.15, 0.2) is 5.75 Å². The van der Waals surface area contributed by atoms with Crippen LogP contribution in [0.1, 0.15) is 11.1 Å². The second-order valence-electron chi connectivity index (χ2n) is 5.16. The van der Waals surface area contributed by atoms with Gasteiger partial charge in [-0.3, -0.25) is 14.9 Å². The van der Waals surface area contributed by atoms with E-state index in [-0.39, 0.29) is 23.1 Å². The van der Waals surface area contributed by atoms with Crippen molar-refractivity contribution in [3.63, 3.8) is 0 Å². The summed E-state index contributed by atoms with van der Waals surface area (Å²) < 4.78 is 4.96. The van der Waals surface area contributed by atoms with E-state index in [1.807, 2.05) is 12.1 Å². The molecular formula is C17H17ClN2O4S. The highest BCUT2D eigenvalue weighted by Crippen LogP contribution is 2.28. The second-order valence-corrected chi connectivity index (χ2v) is 6.58. The Morgan fingerprint density at radius 1 is 1.24 bits per heavy atom. The standard InChI is InChI=1S/C17H17ClN2O4S/c1-24-16-7-4-13(8-15(16)20(22)23)10-25-11-17(21)19-9-12-2-5-14(18)6-3-12/h2-8H,9-11H2,1H3,(H,19,21). The summed E-state index contributed by atoms with van der Waals surface area (Å²) in [6.45, 7) is 0.435. The molecule has 6 nitrogen and oxygen atoms in total. The predicted octanol–water partition coefficient (Wildman–Crippen LogP) is 3.81. The van der Waals surface area contributed by atoms with E-state index in [4.69, 9.17) is 16.3 Å². The maximum Gasteiger partial charge on any atom is 0.311 e. The Bertz CT molecular complexity index is 753. The molecule has 0 aliphatic heterocycles. The van der Waals surface area contributed by atoms with Crippen molar-refractivity contribution in [3.8, 4) is 5.75 Å². The molecule has 0 saturated carbocycles. The fourth-order valence-corrected chi connectivity index (χ4v) is 3.01. The van der Waals surface area contributed by atoms with Crippen LogP contribution in [0.4, 0.5) is 5.69 Å². The first-order valence-electron chi connectivity index (χ1n) is 7.40. The molecule has 0 bridgehead atoms. The number of carbonyl (C=O) groups is 1. The van der Waals surface area contributed by atoms with Crippen LogP contribution in [0.3, 0.4) is 0 Å². The number of methoxy groups -OCH3 is 1. The van der Waals surface area contributed by atoms with E-state index < -0.39 is 4.92 Å². The average Bonchev–Trinajstić information content (AvgIpc) is 2.61. The van der Waals surface area contributed by atoms with Crippen LogP contribution in [0.5, 0.6) is 5.75 Å². The Kier molecular flexibility index (Phi) is 7.09. The molecule has 0 aromatic heterocycles. The van der Waals surface area contributed by atoms with Crippen molar-refractivity contribution in [2.75, 3.05) is 12.9 Å². The predicted molar refractivity (Wildman–Crippen MR) is 99.1 cm³/mol. The summed E-state index contributed by atoms with van der Waals surface area (Å²) in [6, 6.07) is 12.0. The third-order valence-electron chi connectivity index (χ3n) is 3.34. The summed E-state index contributed by atoms with van der Waals surface area (Å²) in [5, 5.41) is 14.5. The summed E-state index contributed by atoms with van der Waals surface area (Å²) in [5.74, 6) is 0.898. The van der Waals surface area contributed by atoms with E-state index >= 15 is 0 Å². The van der Waals surface area contributed by atoms with Crippen molar-refractivity contribution >= 4 is 35.0 Å². The molecular weight excluding hydrogens is 364 g/mol. The van der Waals surface area contributed by atoms with Gasteiger partial charge in [-0.2, -0.15) is 0 Å². The lowest BCUT2D eigenvalue weighted by atomic mass is 10.2. The zero-order chi connectivity index (χ0) is 18.2. The first-order valence-corrected chi connectivity index (χ1v) is 8.93. The summed E-state index contributed by atoms with van der Waals surface area (Å²) in [5.41, 5.74) is 1.66. The molecule has 0 heterocycles. The van der Waals surface area contributed by atoms with Crippen molar-refractivity contribution in [1.29, 1.82) is 0 Å². The van der Waals surface area contributed by atoms with E-state index in [1.165, 1.54) is 24.9 Å². The summed E-state index contributed by atoms with van der Waals surface area (Å²) in [7, 11) is 1.39. The van der Waals surface area contributed by atoms with Crippen molar-refractivity contribution in [2.24, 2.45) is 0 Å². The normalized spacial score (nSPS) is 10.3. The van der Waals surface area contributed by atoms with E-state index in [0.29, 0.717) is 17.3 Å². The van der Waals surface area contributed by atoms with Gasteiger partial charge in [-0.15, -0.1) is 11.8 Å².